The lowest BCUT2D eigenvalue weighted by Gasteiger charge is -2.34. The highest BCUT2D eigenvalue weighted by atomic mass is 35.5. The van der Waals surface area contributed by atoms with Gasteiger partial charge in [0, 0.05) is 6.20 Å². The highest BCUT2D eigenvalue weighted by Gasteiger charge is 2.60. The van der Waals surface area contributed by atoms with Crippen LogP contribution in [-0.2, 0) is 32.4 Å². The molecule has 4 rings (SSSR count). The molecule has 33 heavy (non-hydrogen) atoms. The number of halogens is 1. The number of esters is 1. The Morgan fingerprint density at radius 3 is 2.91 bits per heavy atom. The first-order valence-electron chi connectivity index (χ1n) is 10.7. The molecule has 11 nitrogen and oxygen atoms in total. The van der Waals surface area contributed by atoms with Crippen molar-refractivity contribution in [2.24, 2.45) is 5.92 Å². The molecular weight excluding hydrogens is 475 g/mol. The number of fused-ring (bicyclic) bond motifs is 2. The van der Waals surface area contributed by atoms with E-state index in [0.29, 0.717) is 23.3 Å². The van der Waals surface area contributed by atoms with E-state index in [-0.39, 0.29) is 25.3 Å². The summed E-state index contributed by atoms with van der Waals surface area (Å²) in [7, 11) is -3.91. The summed E-state index contributed by atoms with van der Waals surface area (Å²) >= 11 is 6.89. The fourth-order valence-electron chi connectivity index (χ4n) is 3.84. The van der Waals surface area contributed by atoms with Gasteiger partial charge in [-0.25, -0.2) is 14.5 Å². The number of ether oxygens (including phenoxy) is 2. The molecule has 2 aromatic heterocycles. The van der Waals surface area contributed by atoms with Crippen molar-refractivity contribution in [3.05, 3.63) is 18.6 Å². The number of carbonyl (C=O) groups excluding carboxylic acids is 1. The molecule has 2 aromatic rings. The minimum Gasteiger partial charge on any atom is -0.463 e. The number of phosphoric ester groups is 1. The van der Waals surface area contributed by atoms with Crippen LogP contribution < -0.4 is 5.73 Å². The molecule has 2 N–H and O–H groups in total. The van der Waals surface area contributed by atoms with Crippen LogP contribution in [0.15, 0.2) is 18.6 Å². The molecule has 2 aliphatic rings. The normalized spacial score (nSPS) is 32.7. The van der Waals surface area contributed by atoms with Crippen molar-refractivity contribution in [2.75, 3.05) is 18.9 Å². The van der Waals surface area contributed by atoms with E-state index in [4.69, 9.17) is 40.4 Å². The number of pyridine rings is 1. The van der Waals surface area contributed by atoms with Crippen LogP contribution in [0.4, 0.5) is 5.69 Å². The number of hydrogen-bond acceptors (Lipinski definition) is 10. The average molecular weight is 503 g/mol. The maximum atomic E-state index is 13.1. The Balaban J connectivity index is 1.43. The van der Waals surface area contributed by atoms with Gasteiger partial charge in [0.05, 0.1) is 37.3 Å². The van der Waals surface area contributed by atoms with Gasteiger partial charge in [-0.3, -0.25) is 22.9 Å². The van der Waals surface area contributed by atoms with Gasteiger partial charge in [0.2, 0.25) is 0 Å². The molecule has 4 heterocycles. The Labute approximate surface area is 196 Å². The molecule has 2 aliphatic heterocycles. The molecule has 0 radical (unpaired) electrons. The Morgan fingerprint density at radius 2 is 2.18 bits per heavy atom. The molecule has 13 heteroatoms. The van der Waals surface area contributed by atoms with Crippen LogP contribution >= 0.6 is 19.4 Å². The van der Waals surface area contributed by atoms with E-state index >= 15 is 0 Å². The number of alkyl halides is 1. The molecule has 0 amide bonds. The molecular formula is C20H28ClN4O7P. The summed E-state index contributed by atoms with van der Waals surface area (Å²) in [5.41, 5.74) is 7.50. The number of nitrogens with two attached hydrogens (primary N) is 1. The third-order valence-corrected chi connectivity index (χ3v) is 7.47. The fourth-order valence-corrected chi connectivity index (χ4v) is 5.73. The topological polar surface area (TPSA) is 137 Å². The first-order valence-corrected chi connectivity index (χ1v) is 12.5. The lowest BCUT2D eigenvalue weighted by atomic mass is 10.0. The Hall–Kier alpha value is -1.75. The Bertz CT molecular complexity index is 1080. The summed E-state index contributed by atoms with van der Waals surface area (Å²) in [5.74, 6) is -0.775. The van der Waals surface area contributed by atoms with Crippen LogP contribution in [0.1, 0.15) is 40.3 Å². The summed E-state index contributed by atoms with van der Waals surface area (Å²) in [6.07, 6.45) is 1.11. The van der Waals surface area contributed by atoms with E-state index in [0.717, 1.165) is 0 Å². The molecule has 2 saturated heterocycles. The van der Waals surface area contributed by atoms with E-state index in [1.807, 2.05) is 0 Å². The predicted molar refractivity (Wildman–Crippen MR) is 120 cm³/mol. The van der Waals surface area contributed by atoms with E-state index in [2.05, 4.69) is 9.97 Å². The van der Waals surface area contributed by atoms with Gasteiger partial charge >= 0.3 is 13.8 Å². The second kappa shape index (κ2) is 9.13. The highest BCUT2D eigenvalue weighted by Crippen LogP contribution is 2.60. The number of aromatic nitrogens is 3. The number of phosphoric acid groups is 1. The van der Waals surface area contributed by atoms with Gasteiger partial charge in [0.25, 0.3) is 0 Å². The van der Waals surface area contributed by atoms with E-state index < -0.39 is 37.1 Å². The number of anilines is 1. The third kappa shape index (κ3) is 4.76. The van der Waals surface area contributed by atoms with Gasteiger partial charge in [-0.05, 0) is 33.3 Å². The molecule has 1 unspecified atom stereocenters. The molecule has 0 spiro atoms. The van der Waals surface area contributed by atoms with E-state index in [9.17, 15) is 9.36 Å². The van der Waals surface area contributed by atoms with Gasteiger partial charge in [-0.15, -0.1) is 11.6 Å². The van der Waals surface area contributed by atoms with Gasteiger partial charge in [0.15, 0.2) is 11.9 Å². The minimum atomic E-state index is -3.91. The zero-order valence-corrected chi connectivity index (χ0v) is 20.5. The molecule has 0 aromatic carbocycles. The maximum Gasteiger partial charge on any atom is 0.475 e. The molecule has 6 atom stereocenters. The number of hydrogen-bond donors (Lipinski definition) is 1. The van der Waals surface area contributed by atoms with Crippen molar-refractivity contribution in [2.45, 2.75) is 63.5 Å². The summed E-state index contributed by atoms with van der Waals surface area (Å²) in [5, 5.41) is 0. The van der Waals surface area contributed by atoms with Gasteiger partial charge in [-0.1, -0.05) is 6.92 Å². The average Bonchev–Trinajstić information content (AvgIpc) is 3.27. The highest BCUT2D eigenvalue weighted by molar-refractivity contribution is 7.48. The Kier molecular flexibility index (Phi) is 6.74. The molecule has 0 aliphatic carbocycles. The van der Waals surface area contributed by atoms with Crippen molar-refractivity contribution in [1.82, 2.24) is 14.5 Å². The zero-order valence-electron chi connectivity index (χ0n) is 18.8. The zero-order chi connectivity index (χ0) is 24.0. The monoisotopic (exact) mass is 502 g/mol. The van der Waals surface area contributed by atoms with Crippen LogP contribution in [0.5, 0.6) is 0 Å². The number of nitrogen functional groups attached to an aromatic ring is 1. The summed E-state index contributed by atoms with van der Waals surface area (Å²) in [6.45, 7) is 6.94. The SMILES string of the molecule is CC(C)OC(=O)C(C)CCO[P@]1(=O)OC[C@H]2O[C@@H](n3cnc4c(N)ccnc43)[C@](C)(Cl)[C@@H]2O1. The van der Waals surface area contributed by atoms with Gasteiger partial charge < -0.3 is 15.2 Å². The van der Waals surface area contributed by atoms with Crippen LogP contribution in [0.3, 0.4) is 0 Å². The lowest BCUT2D eigenvalue weighted by molar-refractivity contribution is -0.152. The first-order chi connectivity index (χ1) is 15.5. The van der Waals surface area contributed by atoms with Gasteiger partial charge in [-0.2, -0.15) is 0 Å². The van der Waals surface area contributed by atoms with Crippen molar-refractivity contribution >= 4 is 42.2 Å². The second-order valence-electron chi connectivity index (χ2n) is 8.68. The maximum absolute atomic E-state index is 13.1. The largest absolute Gasteiger partial charge is 0.475 e. The summed E-state index contributed by atoms with van der Waals surface area (Å²) in [4.78, 5) is 19.5. The van der Waals surface area contributed by atoms with E-state index in [1.54, 1.807) is 50.9 Å². The number of rotatable bonds is 7. The molecule has 0 saturated carbocycles. The molecule has 0 bridgehead atoms. The van der Waals surface area contributed by atoms with Crippen LogP contribution in [0, 0.1) is 5.92 Å². The van der Waals surface area contributed by atoms with Crippen molar-refractivity contribution in [1.29, 1.82) is 0 Å². The molecule has 182 valence electrons. The smallest absolute Gasteiger partial charge is 0.463 e. The second-order valence-corrected chi connectivity index (χ2v) is 11.1. The quantitative estimate of drug-likeness (QED) is 0.340. The number of carbonyl (C=O) groups is 1. The minimum absolute atomic E-state index is 0.0122. The Morgan fingerprint density at radius 1 is 1.42 bits per heavy atom. The number of imidazole rings is 1. The van der Waals surface area contributed by atoms with Crippen molar-refractivity contribution < 1.29 is 32.4 Å². The van der Waals surface area contributed by atoms with Crippen LogP contribution in [0.2, 0.25) is 0 Å². The van der Waals surface area contributed by atoms with Crippen LogP contribution in [0.25, 0.3) is 11.2 Å². The van der Waals surface area contributed by atoms with Crippen LogP contribution in [-0.4, -0.2) is 56.9 Å². The van der Waals surface area contributed by atoms with Crippen molar-refractivity contribution in [3.63, 3.8) is 0 Å². The number of nitrogens with zero attached hydrogens (tertiary/aromatic N) is 3. The van der Waals surface area contributed by atoms with Gasteiger partial charge in [0.1, 0.15) is 22.6 Å². The molecule has 2 fully saturated rings. The fraction of sp³-hybridized carbons (Fsp3) is 0.650. The van der Waals surface area contributed by atoms with Crippen molar-refractivity contribution in [3.8, 4) is 0 Å². The predicted octanol–water partition coefficient (Wildman–Crippen LogP) is 3.43. The first kappa shape index (κ1) is 24.4. The van der Waals surface area contributed by atoms with E-state index in [1.165, 1.54) is 0 Å². The summed E-state index contributed by atoms with van der Waals surface area (Å²) < 4.78 is 42.6. The standard InChI is InChI=1S/C20H28ClN4O7P/c1-11(2)30-18(26)12(3)6-8-28-33(27)29-9-14-16(32-33)20(4,21)19(31-14)25-10-24-15-13(22)5-7-23-17(15)25/h5,7,10-12,14,16,19H,6,8-9H2,1-4H3,(H2,22,23)/t12?,14-,16-,19-,20-,33-/m1/s1. The summed E-state index contributed by atoms with van der Waals surface area (Å²) in [6, 6.07) is 1.66. The lowest BCUT2D eigenvalue weighted by Crippen LogP contribution is -2.44. The third-order valence-electron chi connectivity index (χ3n) is 5.62.